The second kappa shape index (κ2) is 7.21. The van der Waals surface area contributed by atoms with Crippen LogP contribution in [0, 0.1) is 13.8 Å². The van der Waals surface area contributed by atoms with E-state index in [1.54, 1.807) is 6.07 Å². The summed E-state index contributed by atoms with van der Waals surface area (Å²) in [6, 6.07) is 10.8. The first-order valence-electron chi connectivity index (χ1n) is 8.00. The summed E-state index contributed by atoms with van der Waals surface area (Å²) in [7, 11) is 1.31. The molecule has 0 saturated heterocycles. The molecule has 0 bridgehead atoms. The lowest BCUT2D eigenvalue weighted by molar-refractivity contribution is 0.0601. The van der Waals surface area contributed by atoms with Gasteiger partial charge in [0, 0.05) is 5.75 Å². The molecule has 0 spiro atoms. The van der Waals surface area contributed by atoms with Crippen LogP contribution in [0.15, 0.2) is 46.3 Å². The number of nitrogen functional groups attached to an aromatic ring is 1. The lowest BCUT2D eigenvalue weighted by Crippen LogP contribution is -2.29. The van der Waals surface area contributed by atoms with Gasteiger partial charge < -0.3 is 10.6 Å². The maximum atomic E-state index is 12.5. The number of methoxy groups -OCH3 is 1. The number of carbonyl (C=O) groups excluding carboxylic acids is 1. The zero-order chi connectivity index (χ0) is 18.8. The van der Waals surface area contributed by atoms with Crippen LogP contribution in [0.4, 0.5) is 0 Å². The number of benzene rings is 2. The average molecular weight is 369 g/mol. The van der Waals surface area contributed by atoms with Crippen molar-refractivity contribution in [2.75, 3.05) is 13.0 Å². The molecule has 134 valence electrons. The van der Waals surface area contributed by atoms with Crippen molar-refractivity contribution in [3.05, 3.63) is 69.0 Å². The molecule has 0 unspecified atom stereocenters. The van der Waals surface area contributed by atoms with Gasteiger partial charge in [0.2, 0.25) is 0 Å². The number of nitrogens with two attached hydrogens (primary N) is 1. The Bertz CT molecular complexity index is 1060. The van der Waals surface area contributed by atoms with Gasteiger partial charge in [-0.3, -0.25) is 4.79 Å². The molecule has 0 radical (unpaired) electrons. The Morgan fingerprint density at radius 1 is 1.19 bits per heavy atom. The Morgan fingerprint density at radius 3 is 2.65 bits per heavy atom. The van der Waals surface area contributed by atoms with Crippen molar-refractivity contribution in [1.29, 1.82) is 0 Å². The van der Waals surface area contributed by atoms with Crippen LogP contribution in [0.1, 0.15) is 27.0 Å². The molecule has 0 aliphatic rings. The summed E-state index contributed by atoms with van der Waals surface area (Å²) in [6.07, 6.45) is 0. The molecule has 0 aliphatic carbocycles. The van der Waals surface area contributed by atoms with E-state index in [1.165, 1.54) is 42.1 Å². The predicted molar refractivity (Wildman–Crippen MR) is 103 cm³/mol. The Balaban J connectivity index is 1.96. The van der Waals surface area contributed by atoms with Crippen LogP contribution in [-0.4, -0.2) is 22.7 Å². The highest BCUT2D eigenvalue weighted by Crippen LogP contribution is 2.23. The van der Waals surface area contributed by atoms with Crippen LogP contribution in [0.3, 0.4) is 0 Å². The first kappa shape index (κ1) is 18.0. The Labute approximate surface area is 155 Å². The highest BCUT2D eigenvalue weighted by atomic mass is 32.2. The summed E-state index contributed by atoms with van der Waals surface area (Å²) in [5, 5.41) is 0.749. The van der Waals surface area contributed by atoms with Gasteiger partial charge in [-0.2, -0.15) is 0 Å². The standard InChI is InChI=1S/C19H19N3O3S/c1-11-4-5-13(8-12(11)2)10-26-19-21-16-9-14(18(24)25-3)6-7-15(16)17(23)22(19)20/h4-9H,10,20H2,1-3H3. The fourth-order valence-electron chi connectivity index (χ4n) is 2.57. The largest absolute Gasteiger partial charge is 0.465 e. The number of thioether (sulfide) groups is 1. The molecule has 7 heteroatoms. The lowest BCUT2D eigenvalue weighted by atomic mass is 10.1. The van der Waals surface area contributed by atoms with Crippen molar-refractivity contribution < 1.29 is 9.53 Å². The molecule has 1 aromatic heterocycles. The number of rotatable bonds is 4. The van der Waals surface area contributed by atoms with E-state index in [0.717, 1.165) is 10.2 Å². The molecule has 0 amide bonds. The van der Waals surface area contributed by atoms with Crippen molar-refractivity contribution in [2.24, 2.45) is 0 Å². The predicted octanol–water partition coefficient (Wildman–Crippen LogP) is 2.81. The number of carbonyl (C=O) groups is 1. The summed E-state index contributed by atoms with van der Waals surface area (Å²) < 4.78 is 5.76. The minimum absolute atomic E-state index is 0.340. The first-order valence-corrected chi connectivity index (χ1v) is 8.98. The topological polar surface area (TPSA) is 87.2 Å². The third-order valence-electron chi connectivity index (χ3n) is 4.23. The number of ether oxygens (including phenoxy) is 1. The maximum absolute atomic E-state index is 12.5. The number of aromatic nitrogens is 2. The monoisotopic (exact) mass is 369 g/mol. The van der Waals surface area contributed by atoms with Gasteiger partial charge in [0.05, 0.1) is 23.6 Å². The third-order valence-corrected chi connectivity index (χ3v) is 5.25. The highest BCUT2D eigenvalue weighted by molar-refractivity contribution is 7.98. The smallest absolute Gasteiger partial charge is 0.337 e. The number of aryl methyl sites for hydroxylation is 2. The molecule has 0 saturated carbocycles. The molecule has 0 aliphatic heterocycles. The normalized spacial score (nSPS) is 10.9. The van der Waals surface area contributed by atoms with E-state index in [2.05, 4.69) is 31.0 Å². The van der Waals surface area contributed by atoms with Crippen molar-refractivity contribution in [1.82, 2.24) is 9.66 Å². The fraction of sp³-hybridized carbons (Fsp3) is 0.211. The number of hydrogen-bond donors (Lipinski definition) is 1. The van der Waals surface area contributed by atoms with Crippen LogP contribution in [0.2, 0.25) is 0 Å². The van der Waals surface area contributed by atoms with Gasteiger partial charge >= 0.3 is 5.97 Å². The Hall–Kier alpha value is -2.80. The van der Waals surface area contributed by atoms with Crippen molar-refractivity contribution in [3.63, 3.8) is 0 Å². The number of hydrogen-bond acceptors (Lipinski definition) is 6. The maximum Gasteiger partial charge on any atom is 0.337 e. The molecule has 3 rings (SSSR count). The van der Waals surface area contributed by atoms with E-state index in [0.29, 0.717) is 27.4 Å². The summed E-state index contributed by atoms with van der Waals surface area (Å²) >= 11 is 1.37. The number of fused-ring (bicyclic) bond motifs is 1. The van der Waals surface area contributed by atoms with Crippen LogP contribution in [-0.2, 0) is 10.5 Å². The van der Waals surface area contributed by atoms with Gasteiger partial charge in [-0.25, -0.2) is 14.5 Å². The van der Waals surface area contributed by atoms with Crippen molar-refractivity contribution in [2.45, 2.75) is 24.8 Å². The molecule has 26 heavy (non-hydrogen) atoms. The van der Waals surface area contributed by atoms with Crippen LogP contribution < -0.4 is 11.4 Å². The molecule has 1 heterocycles. The van der Waals surface area contributed by atoms with E-state index < -0.39 is 5.97 Å². The van der Waals surface area contributed by atoms with Crippen LogP contribution in [0.25, 0.3) is 10.9 Å². The quantitative estimate of drug-likeness (QED) is 0.329. The third kappa shape index (κ3) is 3.43. The molecular formula is C19H19N3O3S. The van der Waals surface area contributed by atoms with Crippen LogP contribution >= 0.6 is 11.8 Å². The SMILES string of the molecule is COC(=O)c1ccc2c(=O)n(N)c(SCc3ccc(C)c(C)c3)nc2c1. The van der Waals surface area contributed by atoms with Gasteiger partial charge in [-0.15, -0.1) is 0 Å². The second-order valence-corrected chi connectivity index (χ2v) is 6.94. The molecular weight excluding hydrogens is 350 g/mol. The summed E-state index contributed by atoms with van der Waals surface area (Å²) in [4.78, 5) is 28.6. The fourth-order valence-corrected chi connectivity index (χ4v) is 3.43. The van der Waals surface area contributed by atoms with Gasteiger partial charge in [0.25, 0.3) is 5.56 Å². The van der Waals surface area contributed by atoms with E-state index >= 15 is 0 Å². The van der Waals surface area contributed by atoms with E-state index in [-0.39, 0.29) is 5.56 Å². The zero-order valence-electron chi connectivity index (χ0n) is 14.8. The molecule has 0 fully saturated rings. The minimum Gasteiger partial charge on any atom is -0.465 e. The summed E-state index contributed by atoms with van der Waals surface area (Å²) in [5.74, 6) is 6.08. The first-order chi connectivity index (χ1) is 12.4. The molecule has 2 N–H and O–H groups in total. The molecule has 6 nitrogen and oxygen atoms in total. The summed E-state index contributed by atoms with van der Waals surface area (Å²) in [6.45, 7) is 4.12. The van der Waals surface area contributed by atoms with E-state index in [1.807, 2.05) is 6.07 Å². The molecule has 0 atom stereocenters. The highest BCUT2D eigenvalue weighted by Gasteiger charge is 2.13. The molecule has 3 aromatic rings. The van der Waals surface area contributed by atoms with Gasteiger partial charge in [-0.05, 0) is 48.7 Å². The number of esters is 1. The van der Waals surface area contributed by atoms with Gasteiger partial charge in [-0.1, -0.05) is 30.0 Å². The second-order valence-electron chi connectivity index (χ2n) is 6.00. The lowest BCUT2D eigenvalue weighted by Gasteiger charge is -2.10. The van der Waals surface area contributed by atoms with Crippen LogP contribution in [0.5, 0.6) is 0 Å². The van der Waals surface area contributed by atoms with Gasteiger partial charge in [0.1, 0.15) is 0 Å². The van der Waals surface area contributed by atoms with Crippen molar-refractivity contribution in [3.8, 4) is 0 Å². The Morgan fingerprint density at radius 2 is 1.96 bits per heavy atom. The summed E-state index contributed by atoms with van der Waals surface area (Å²) in [5.41, 5.74) is 3.97. The van der Waals surface area contributed by atoms with E-state index in [9.17, 15) is 9.59 Å². The Kier molecular flexibility index (Phi) is 4.99. The zero-order valence-corrected chi connectivity index (χ0v) is 15.6. The van der Waals surface area contributed by atoms with E-state index in [4.69, 9.17) is 10.6 Å². The average Bonchev–Trinajstić information content (AvgIpc) is 2.65. The number of nitrogens with zero attached hydrogens (tertiary/aromatic N) is 2. The van der Waals surface area contributed by atoms with Gasteiger partial charge in [0.15, 0.2) is 5.16 Å². The van der Waals surface area contributed by atoms with Crippen molar-refractivity contribution >= 4 is 28.6 Å². The minimum atomic E-state index is -0.477. The molecule has 2 aromatic carbocycles.